The fourth-order valence-corrected chi connectivity index (χ4v) is 1.86. The molecule has 0 amide bonds. The van der Waals surface area contributed by atoms with Gasteiger partial charge in [0.2, 0.25) is 0 Å². The van der Waals surface area contributed by atoms with Crippen LogP contribution in [-0.2, 0) is 0 Å². The van der Waals surface area contributed by atoms with E-state index in [1.807, 2.05) is 0 Å². The molecule has 0 saturated heterocycles. The molecule has 20 heavy (non-hydrogen) atoms. The Morgan fingerprint density at radius 3 is 1.95 bits per heavy atom. The van der Waals surface area contributed by atoms with E-state index in [1.54, 1.807) is 42.5 Å². The smallest absolute Gasteiger partial charge is 0.445 e. The van der Waals surface area contributed by atoms with Crippen LogP contribution in [-0.4, -0.2) is 6.98 Å². The van der Waals surface area contributed by atoms with E-state index in [4.69, 9.17) is 11.6 Å². The second-order valence-corrected chi connectivity index (χ2v) is 4.53. The first kappa shape index (κ1) is 18.0. The summed E-state index contributed by atoms with van der Waals surface area (Å²) in [6.07, 6.45) is 1.14. The summed E-state index contributed by atoms with van der Waals surface area (Å²) < 4.78 is 39.4. The fraction of sp³-hybridized carbons (Fsp3) is 0. The Kier molecular flexibility index (Phi) is 7.05. The Balaban J connectivity index is 0.00000200. The van der Waals surface area contributed by atoms with Crippen molar-refractivity contribution in [2.24, 2.45) is 0 Å². The zero-order valence-corrected chi connectivity index (χ0v) is 14.7. The SMILES string of the molecule is F[B-](F)(F)/C(=C/c1ccc(Cl)cc1)c1ccccc1.[K+]. The van der Waals surface area contributed by atoms with Gasteiger partial charge in [-0.15, -0.1) is 5.47 Å². The average molecular weight is 321 g/mol. The van der Waals surface area contributed by atoms with Crippen LogP contribution in [0.15, 0.2) is 54.6 Å². The molecule has 0 unspecified atom stereocenters. The molecule has 2 aromatic carbocycles. The molecule has 2 aromatic rings. The summed E-state index contributed by atoms with van der Waals surface area (Å²) in [4.78, 5) is 0. The molecule has 0 saturated carbocycles. The Bertz CT molecular complexity index is 580. The largest absolute Gasteiger partial charge is 1.00 e. The molecule has 0 atom stereocenters. The maximum atomic E-state index is 13.1. The van der Waals surface area contributed by atoms with Gasteiger partial charge in [0.05, 0.1) is 0 Å². The number of halogens is 4. The Morgan fingerprint density at radius 2 is 1.45 bits per heavy atom. The first-order chi connectivity index (χ1) is 8.97. The molecule has 0 bridgehead atoms. The zero-order chi connectivity index (χ0) is 13.9. The van der Waals surface area contributed by atoms with Gasteiger partial charge in [-0.25, -0.2) is 0 Å². The minimum atomic E-state index is -5.07. The maximum Gasteiger partial charge on any atom is 1.00 e. The van der Waals surface area contributed by atoms with Gasteiger partial charge in [0, 0.05) is 5.02 Å². The number of hydrogen-bond acceptors (Lipinski definition) is 0. The first-order valence-electron chi connectivity index (χ1n) is 5.69. The molecular weight excluding hydrogens is 311 g/mol. The van der Waals surface area contributed by atoms with Crippen LogP contribution in [0.25, 0.3) is 11.5 Å². The van der Waals surface area contributed by atoms with E-state index in [0.717, 1.165) is 6.08 Å². The first-order valence-corrected chi connectivity index (χ1v) is 6.07. The van der Waals surface area contributed by atoms with Crippen LogP contribution < -0.4 is 51.4 Å². The second kappa shape index (κ2) is 7.82. The van der Waals surface area contributed by atoms with E-state index in [0.29, 0.717) is 10.6 Å². The van der Waals surface area contributed by atoms with Crippen molar-refractivity contribution in [2.75, 3.05) is 0 Å². The molecule has 0 aromatic heterocycles. The van der Waals surface area contributed by atoms with E-state index >= 15 is 0 Å². The molecule has 0 aliphatic carbocycles. The number of benzene rings is 2. The molecule has 0 aliphatic rings. The Labute approximate surface area is 163 Å². The van der Waals surface area contributed by atoms with Crippen LogP contribution >= 0.6 is 11.6 Å². The van der Waals surface area contributed by atoms with Gasteiger partial charge in [0.15, 0.2) is 0 Å². The Hall–Kier alpha value is -0.0387. The van der Waals surface area contributed by atoms with Gasteiger partial charge in [-0.3, -0.25) is 0 Å². The van der Waals surface area contributed by atoms with Crippen LogP contribution in [0.2, 0.25) is 5.02 Å². The van der Waals surface area contributed by atoms with Crippen molar-refractivity contribution in [2.45, 2.75) is 0 Å². The summed E-state index contributed by atoms with van der Waals surface area (Å²) in [5, 5.41) is 0.496. The van der Waals surface area contributed by atoms with Crippen molar-refractivity contribution in [1.82, 2.24) is 0 Å². The molecule has 0 radical (unpaired) electrons. The minimum Gasteiger partial charge on any atom is -0.445 e. The summed E-state index contributed by atoms with van der Waals surface area (Å²) in [5.74, 6) is 0. The summed E-state index contributed by atoms with van der Waals surface area (Å²) >= 11 is 5.72. The van der Waals surface area contributed by atoms with Gasteiger partial charge in [0.1, 0.15) is 0 Å². The van der Waals surface area contributed by atoms with Crippen molar-refractivity contribution < 1.29 is 64.3 Å². The van der Waals surface area contributed by atoms with E-state index < -0.39 is 12.4 Å². The molecule has 98 valence electrons. The fourth-order valence-electron chi connectivity index (χ4n) is 1.74. The summed E-state index contributed by atoms with van der Waals surface area (Å²) in [5.41, 5.74) is 0.0373. The van der Waals surface area contributed by atoms with Gasteiger partial charge in [-0.1, -0.05) is 65.7 Å². The van der Waals surface area contributed by atoms with Crippen molar-refractivity contribution in [3.8, 4) is 0 Å². The average Bonchev–Trinajstić information content (AvgIpc) is 2.37. The van der Waals surface area contributed by atoms with E-state index in [1.165, 1.54) is 12.1 Å². The van der Waals surface area contributed by atoms with E-state index in [2.05, 4.69) is 0 Å². The Morgan fingerprint density at radius 1 is 0.900 bits per heavy atom. The topological polar surface area (TPSA) is 0 Å². The predicted molar refractivity (Wildman–Crippen MR) is 74.8 cm³/mol. The molecular formula is C14H10BClF3K. The minimum absolute atomic E-state index is 0. The van der Waals surface area contributed by atoms with E-state index in [9.17, 15) is 12.9 Å². The summed E-state index contributed by atoms with van der Waals surface area (Å²) in [6, 6.07) is 14.0. The van der Waals surface area contributed by atoms with Gasteiger partial charge in [-0.2, -0.15) is 0 Å². The summed E-state index contributed by atoms with van der Waals surface area (Å²) in [7, 11) is 0. The zero-order valence-electron chi connectivity index (χ0n) is 10.9. The van der Waals surface area contributed by atoms with Gasteiger partial charge in [-0.05, 0) is 17.7 Å². The van der Waals surface area contributed by atoms with Crippen LogP contribution in [0.5, 0.6) is 0 Å². The number of rotatable bonds is 3. The molecule has 0 heterocycles. The van der Waals surface area contributed by atoms with Gasteiger partial charge >= 0.3 is 58.4 Å². The van der Waals surface area contributed by atoms with Crippen LogP contribution in [0.4, 0.5) is 12.9 Å². The molecule has 0 fully saturated rings. The standard InChI is InChI=1S/C14H10BClF3.K/c16-13-8-6-11(7-9-13)10-14(15(17,18)19)12-4-2-1-3-5-12;/h1-10H;/q-1;+1/b14-10+;. The van der Waals surface area contributed by atoms with Crippen LogP contribution in [0, 0.1) is 0 Å². The van der Waals surface area contributed by atoms with Crippen molar-refractivity contribution >= 4 is 30.1 Å². The third-order valence-corrected chi connectivity index (χ3v) is 2.90. The number of hydrogen-bond donors (Lipinski definition) is 0. The molecule has 0 nitrogen and oxygen atoms in total. The second-order valence-electron chi connectivity index (χ2n) is 4.09. The third kappa shape index (κ3) is 5.06. The van der Waals surface area contributed by atoms with Crippen LogP contribution in [0.3, 0.4) is 0 Å². The van der Waals surface area contributed by atoms with Gasteiger partial charge in [0.25, 0.3) is 0 Å². The maximum absolute atomic E-state index is 13.1. The quantitative estimate of drug-likeness (QED) is 0.601. The summed E-state index contributed by atoms with van der Waals surface area (Å²) in [6.45, 7) is -5.07. The third-order valence-electron chi connectivity index (χ3n) is 2.65. The van der Waals surface area contributed by atoms with Crippen molar-refractivity contribution in [1.29, 1.82) is 0 Å². The van der Waals surface area contributed by atoms with Crippen molar-refractivity contribution in [3.05, 3.63) is 70.7 Å². The van der Waals surface area contributed by atoms with E-state index in [-0.39, 0.29) is 56.9 Å². The molecule has 0 spiro atoms. The van der Waals surface area contributed by atoms with Gasteiger partial charge < -0.3 is 12.9 Å². The molecule has 6 heteroatoms. The molecule has 2 rings (SSSR count). The molecule has 0 aliphatic heterocycles. The molecule has 0 N–H and O–H groups in total. The van der Waals surface area contributed by atoms with Crippen molar-refractivity contribution in [3.63, 3.8) is 0 Å². The monoisotopic (exact) mass is 320 g/mol. The van der Waals surface area contributed by atoms with Crippen LogP contribution in [0.1, 0.15) is 11.1 Å². The predicted octanol–water partition coefficient (Wildman–Crippen LogP) is 2.27. The normalized spacial score (nSPS) is 11.9.